The molecule has 0 aliphatic heterocycles. The van der Waals surface area contributed by atoms with Crippen LogP contribution in [0.25, 0.3) is 22.6 Å². The molecule has 0 fully saturated rings. The molecule has 164 valence electrons. The highest BCUT2D eigenvalue weighted by Gasteiger charge is 2.17. The maximum Gasteiger partial charge on any atom is 0.299 e. The van der Waals surface area contributed by atoms with Crippen molar-refractivity contribution in [3.63, 3.8) is 0 Å². The van der Waals surface area contributed by atoms with E-state index >= 15 is 0 Å². The van der Waals surface area contributed by atoms with E-state index in [1.165, 1.54) is 19.2 Å². The molecule has 0 spiro atoms. The highest BCUT2D eigenvalue weighted by atomic mass is 32.2. The number of hydrogen-bond acceptors (Lipinski definition) is 7. The predicted octanol–water partition coefficient (Wildman–Crippen LogP) is 4.45. The van der Waals surface area contributed by atoms with Crippen LogP contribution in [0.4, 0.5) is 11.7 Å². The average Bonchev–Trinajstić information content (AvgIpc) is 3.28. The van der Waals surface area contributed by atoms with Gasteiger partial charge < -0.3 is 14.5 Å². The number of oxazole rings is 1. The highest BCUT2D eigenvalue weighted by molar-refractivity contribution is 7.89. The molecule has 0 unspecified atom stereocenters. The minimum atomic E-state index is -3.62. The molecular weight excluding hydrogens is 428 g/mol. The Morgan fingerprint density at radius 1 is 1.00 bits per heavy atom. The fourth-order valence-electron chi connectivity index (χ4n) is 3.17. The number of anilines is 2. The minimum Gasteiger partial charge on any atom is -0.495 e. The lowest BCUT2D eigenvalue weighted by molar-refractivity contribution is 0.416. The van der Waals surface area contributed by atoms with Crippen LogP contribution < -0.4 is 14.8 Å². The summed E-state index contributed by atoms with van der Waals surface area (Å²) in [4.78, 5) is 8.77. The van der Waals surface area contributed by atoms with E-state index in [0.717, 1.165) is 16.8 Å². The number of aromatic nitrogens is 2. The lowest BCUT2D eigenvalue weighted by Crippen LogP contribution is -2.23. The number of sulfonamides is 1. The zero-order valence-corrected chi connectivity index (χ0v) is 18.4. The fourth-order valence-corrected chi connectivity index (χ4v) is 4.24. The van der Waals surface area contributed by atoms with Gasteiger partial charge in [-0.05, 0) is 36.4 Å². The van der Waals surface area contributed by atoms with Gasteiger partial charge in [-0.2, -0.15) is 0 Å². The molecule has 2 N–H and O–H groups in total. The zero-order valence-electron chi connectivity index (χ0n) is 17.6. The molecule has 0 aliphatic carbocycles. The summed E-state index contributed by atoms with van der Waals surface area (Å²) in [5.74, 6) is 1.01. The molecule has 2 heterocycles. The highest BCUT2D eigenvalue weighted by Crippen LogP contribution is 2.32. The van der Waals surface area contributed by atoms with E-state index in [4.69, 9.17) is 9.15 Å². The van der Waals surface area contributed by atoms with Crippen LogP contribution in [0.2, 0.25) is 0 Å². The third-order valence-electron chi connectivity index (χ3n) is 4.67. The van der Waals surface area contributed by atoms with Gasteiger partial charge in [-0.3, -0.25) is 4.98 Å². The van der Waals surface area contributed by atoms with E-state index < -0.39 is 10.0 Å². The Balaban J connectivity index is 1.62. The van der Waals surface area contributed by atoms with E-state index in [2.05, 4.69) is 20.0 Å². The molecule has 8 nitrogen and oxygen atoms in total. The molecule has 2 aromatic carbocycles. The molecule has 0 bridgehead atoms. The van der Waals surface area contributed by atoms with Crippen LogP contribution in [0.15, 0.2) is 82.4 Å². The lowest BCUT2D eigenvalue weighted by Gasteiger charge is -2.11. The first kappa shape index (κ1) is 21.5. The summed E-state index contributed by atoms with van der Waals surface area (Å²) in [6, 6.07) is 18.3. The van der Waals surface area contributed by atoms with Gasteiger partial charge in [0.1, 0.15) is 5.75 Å². The molecule has 4 rings (SSSR count). The van der Waals surface area contributed by atoms with Crippen LogP contribution in [0.3, 0.4) is 0 Å². The Bertz CT molecular complexity index is 1320. The second-order valence-electron chi connectivity index (χ2n) is 6.81. The van der Waals surface area contributed by atoms with Gasteiger partial charge in [-0.1, -0.05) is 31.2 Å². The molecule has 0 amide bonds. The van der Waals surface area contributed by atoms with Crippen LogP contribution in [-0.4, -0.2) is 32.0 Å². The van der Waals surface area contributed by atoms with E-state index in [9.17, 15) is 8.42 Å². The first-order chi connectivity index (χ1) is 15.5. The van der Waals surface area contributed by atoms with E-state index in [0.29, 0.717) is 17.2 Å². The Kier molecular flexibility index (Phi) is 6.20. The zero-order chi connectivity index (χ0) is 22.6. The predicted molar refractivity (Wildman–Crippen MR) is 122 cm³/mol. The Morgan fingerprint density at radius 3 is 2.59 bits per heavy atom. The summed E-state index contributed by atoms with van der Waals surface area (Å²) in [5, 5.41) is 3.01. The smallest absolute Gasteiger partial charge is 0.299 e. The third-order valence-corrected chi connectivity index (χ3v) is 6.21. The molecular formula is C23H22N4O4S. The van der Waals surface area contributed by atoms with E-state index in [1.54, 1.807) is 25.4 Å². The van der Waals surface area contributed by atoms with Crippen molar-refractivity contribution >= 4 is 21.7 Å². The van der Waals surface area contributed by atoms with Crippen molar-refractivity contribution in [1.82, 2.24) is 14.7 Å². The summed E-state index contributed by atoms with van der Waals surface area (Å²) in [5.41, 5.74) is 3.07. The minimum absolute atomic E-state index is 0.109. The van der Waals surface area contributed by atoms with Gasteiger partial charge in [-0.25, -0.2) is 18.1 Å². The summed E-state index contributed by atoms with van der Waals surface area (Å²) in [7, 11) is -2.12. The van der Waals surface area contributed by atoms with E-state index in [1.807, 2.05) is 42.5 Å². The maximum absolute atomic E-state index is 12.4. The number of nitrogens with one attached hydrogen (secondary N) is 2. The van der Waals surface area contributed by atoms with Crippen molar-refractivity contribution in [3.05, 3.63) is 73.1 Å². The number of pyridine rings is 1. The third kappa shape index (κ3) is 4.63. The van der Waals surface area contributed by atoms with Gasteiger partial charge in [-0.15, -0.1) is 0 Å². The molecule has 0 aliphatic rings. The molecule has 32 heavy (non-hydrogen) atoms. The van der Waals surface area contributed by atoms with Crippen molar-refractivity contribution in [2.75, 3.05) is 19.0 Å². The summed E-state index contributed by atoms with van der Waals surface area (Å²) in [6.07, 6.45) is 3.35. The molecule has 9 heteroatoms. The summed E-state index contributed by atoms with van der Waals surface area (Å²) in [6.45, 7) is 2.01. The van der Waals surface area contributed by atoms with Crippen LogP contribution in [0.5, 0.6) is 5.75 Å². The van der Waals surface area contributed by atoms with Crippen molar-refractivity contribution in [3.8, 4) is 28.3 Å². The second kappa shape index (κ2) is 9.21. The molecule has 0 radical (unpaired) electrons. The number of methoxy groups -OCH3 is 1. The number of ether oxygens (including phenoxy) is 1. The van der Waals surface area contributed by atoms with Crippen LogP contribution in [0.1, 0.15) is 6.92 Å². The van der Waals surface area contributed by atoms with E-state index in [-0.39, 0.29) is 17.5 Å². The van der Waals surface area contributed by atoms with Gasteiger partial charge in [0.05, 0.1) is 29.6 Å². The topological polar surface area (TPSA) is 106 Å². The first-order valence-corrected chi connectivity index (χ1v) is 11.4. The van der Waals surface area contributed by atoms with Gasteiger partial charge in [0.15, 0.2) is 5.76 Å². The largest absolute Gasteiger partial charge is 0.495 e. The quantitative estimate of drug-likeness (QED) is 0.408. The molecule has 4 aromatic rings. The van der Waals surface area contributed by atoms with Crippen molar-refractivity contribution in [2.45, 2.75) is 11.8 Å². The Labute approximate surface area is 186 Å². The number of hydrogen-bond donors (Lipinski definition) is 2. The first-order valence-electron chi connectivity index (χ1n) is 9.92. The lowest BCUT2D eigenvalue weighted by atomic mass is 10.1. The van der Waals surface area contributed by atoms with Crippen LogP contribution in [0, 0.1) is 0 Å². The molecule has 0 saturated heterocycles. The number of nitrogens with zero attached hydrogens (tertiary/aromatic N) is 2. The van der Waals surface area contributed by atoms with Gasteiger partial charge in [0.2, 0.25) is 10.0 Å². The monoisotopic (exact) mass is 450 g/mol. The average molecular weight is 451 g/mol. The standard InChI is InChI=1S/C23H22N4O4S/c1-3-26-32(28,29)18-10-11-21(30-2)20(14-18)27-23-25-15-22(31-23)17-8-6-7-16(13-17)19-9-4-5-12-24-19/h4-15,26H,3H2,1-2H3,(H,25,27). The Hall–Kier alpha value is -3.69. The van der Waals surface area contributed by atoms with Crippen LogP contribution in [-0.2, 0) is 10.0 Å². The van der Waals surface area contributed by atoms with Gasteiger partial charge in [0, 0.05) is 23.9 Å². The molecule has 0 saturated carbocycles. The maximum atomic E-state index is 12.4. The number of rotatable bonds is 8. The van der Waals surface area contributed by atoms with Crippen molar-refractivity contribution in [1.29, 1.82) is 0 Å². The fraction of sp³-hybridized carbons (Fsp3) is 0.130. The van der Waals surface area contributed by atoms with Crippen molar-refractivity contribution < 1.29 is 17.6 Å². The summed E-state index contributed by atoms with van der Waals surface area (Å²) >= 11 is 0. The number of benzene rings is 2. The van der Waals surface area contributed by atoms with Gasteiger partial charge in [0.25, 0.3) is 6.01 Å². The molecule has 2 aromatic heterocycles. The van der Waals surface area contributed by atoms with Crippen LogP contribution >= 0.6 is 0 Å². The molecule has 0 atom stereocenters. The van der Waals surface area contributed by atoms with Gasteiger partial charge >= 0.3 is 0 Å². The van der Waals surface area contributed by atoms with Crippen molar-refractivity contribution in [2.24, 2.45) is 0 Å². The second-order valence-corrected chi connectivity index (χ2v) is 8.58. The Morgan fingerprint density at radius 2 is 1.84 bits per heavy atom. The normalized spacial score (nSPS) is 11.3. The summed E-state index contributed by atoms with van der Waals surface area (Å²) < 4.78 is 38.4. The SMILES string of the molecule is CCNS(=O)(=O)c1ccc(OC)c(Nc2ncc(-c3cccc(-c4ccccn4)c3)o2)c1.